The van der Waals surface area contributed by atoms with Crippen LogP contribution in [0.4, 0.5) is 4.39 Å². The van der Waals surface area contributed by atoms with E-state index in [1.807, 2.05) is 18.2 Å². The van der Waals surface area contributed by atoms with Gasteiger partial charge in [-0.3, -0.25) is 4.99 Å². The van der Waals surface area contributed by atoms with Gasteiger partial charge in [0.25, 0.3) is 0 Å². The summed E-state index contributed by atoms with van der Waals surface area (Å²) in [5.74, 6) is 0.466. The Morgan fingerprint density at radius 2 is 2.09 bits per heavy atom. The lowest BCUT2D eigenvalue weighted by atomic mass is 10.2. The molecule has 0 saturated heterocycles. The number of nitrogens with zero attached hydrogens (tertiary/aromatic N) is 1. The van der Waals surface area contributed by atoms with Crippen molar-refractivity contribution >= 4 is 52.9 Å². The van der Waals surface area contributed by atoms with Crippen molar-refractivity contribution in [1.82, 2.24) is 10.6 Å². The van der Waals surface area contributed by atoms with Crippen molar-refractivity contribution in [2.45, 2.75) is 13.0 Å². The SMILES string of the molecule is CN=C(NCCc1ccc(Cl)s1)NCc1cccc(F)c1.I. The van der Waals surface area contributed by atoms with Crippen molar-refractivity contribution in [3.8, 4) is 0 Å². The number of rotatable bonds is 5. The van der Waals surface area contributed by atoms with Gasteiger partial charge in [-0.05, 0) is 36.2 Å². The van der Waals surface area contributed by atoms with Crippen LogP contribution in [0.15, 0.2) is 41.4 Å². The van der Waals surface area contributed by atoms with Gasteiger partial charge in [0.15, 0.2) is 5.96 Å². The summed E-state index contributed by atoms with van der Waals surface area (Å²) in [6.45, 7) is 1.29. The first-order chi connectivity index (χ1) is 10.2. The van der Waals surface area contributed by atoms with Crippen LogP contribution in [-0.2, 0) is 13.0 Å². The maximum atomic E-state index is 13.1. The van der Waals surface area contributed by atoms with Crippen LogP contribution < -0.4 is 10.6 Å². The fraction of sp³-hybridized carbons (Fsp3) is 0.267. The number of halogens is 3. The Labute approximate surface area is 156 Å². The first-order valence-electron chi connectivity index (χ1n) is 6.60. The number of hydrogen-bond donors (Lipinski definition) is 2. The summed E-state index contributed by atoms with van der Waals surface area (Å²) >= 11 is 7.47. The summed E-state index contributed by atoms with van der Waals surface area (Å²) in [6.07, 6.45) is 0.887. The molecule has 0 bridgehead atoms. The second-order valence-corrected chi connectivity index (χ2v) is 6.24. The van der Waals surface area contributed by atoms with Crippen LogP contribution in [0.5, 0.6) is 0 Å². The Bertz CT molecular complexity index is 618. The molecule has 2 rings (SSSR count). The first-order valence-corrected chi connectivity index (χ1v) is 7.80. The van der Waals surface area contributed by atoms with E-state index >= 15 is 0 Å². The van der Waals surface area contributed by atoms with Crippen molar-refractivity contribution in [2.24, 2.45) is 4.99 Å². The average Bonchev–Trinajstić information content (AvgIpc) is 2.88. The van der Waals surface area contributed by atoms with Gasteiger partial charge in [0.05, 0.1) is 4.34 Å². The van der Waals surface area contributed by atoms with Crippen molar-refractivity contribution in [1.29, 1.82) is 0 Å². The lowest BCUT2D eigenvalue weighted by Crippen LogP contribution is -2.37. The van der Waals surface area contributed by atoms with Crippen molar-refractivity contribution in [3.63, 3.8) is 0 Å². The zero-order valence-corrected chi connectivity index (χ0v) is 16.0. The quantitative estimate of drug-likeness (QED) is 0.407. The van der Waals surface area contributed by atoms with Crippen LogP contribution in [0, 0.1) is 5.82 Å². The van der Waals surface area contributed by atoms with E-state index in [-0.39, 0.29) is 29.8 Å². The number of hydrogen-bond acceptors (Lipinski definition) is 2. The molecule has 0 unspecified atom stereocenters. The monoisotopic (exact) mass is 453 g/mol. The van der Waals surface area contributed by atoms with E-state index in [1.165, 1.54) is 17.0 Å². The third kappa shape index (κ3) is 6.50. The molecular weight excluding hydrogens is 436 g/mol. The van der Waals surface area contributed by atoms with E-state index in [0.717, 1.165) is 22.9 Å². The predicted molar refractivity (Wildman–Crippen MR) is 103 cm³/mol. The zero-order valence-electron chi connectivity index (χ0n) is 12.1. The number of guanidine groups is 1. The number of nitrogens with one attached hydrogen (secondary N) is 2. The molecule has 0 spiro atoms. The van der Waals surface area contributed by atoms with Gasteiger partial charge in [-0.25, -0.2) is 4.39 Å². The van der Waals surface area contributed by atoms with Gasteiger partial charge in [-0.15, -0.1) is 35.3 Å². The number of thiophene rings is 1. The predicted octanol–water partition coefficient (Wildman–Crippen LogP) is 4.07. The van der Waals surface area contributed by atoms with Crippen LogP contribution in [0.1, 0.15) is 10.4 Å². The minimum atomic E-state index is -0.230. The summed E-state index contributed by atoms with van der Waals surface area (Å²) in [6, 6.07) is 10.4. The number of aliphatic imine (C=N–C) groups is 1. The molecule has 0 fully saturated rings. The molecule has 0 radical (unpaired) electrons. The van der Waals surface area contributed by atoms with Gasteiger partial charge in [-0.1, -0.05) is 23.7 Å². The lowest BCUT2D eigenvalue weighted by molar-refractivity contribution is 0.624. The highest BCUT2D eigenvalue weighted by molar-refractivity contribution is 14.0. The van der Waals surface area contributed by atoms with Gasteiger partial charge < -0.3 is 10.6 Å². The Kier molecular flexibility index (Phi) is 8.74. The van der Waals surface area contributed by atoms with Crippen molar-refractivity contribution in [3.05, 3.63) is 57.0 Å². The van der Waals surface area contributed by atoms with E-state index in [4.69, 9.17) is 11.6 Å². The molecule has 22 heavy (non-hydrogen) atoms. The van der Waals surface area contributed by atoms with Crippen molar-refractivity contribution in [2.75, 3.05) is 13.6 Å². The van der Waals surface area contributed by atoms with Crippen LogP contribution in [0.2, 0.25) is 4.34 Å². The topological polar surface area (TPSA) is 36.4 Å². The highest BCUT2D eigenvalue weighted by atomic mass is 127. The average molecular weight is 454 g/mol. The molecule has 0 amide bonds. The third-order valence-corrected chi connectivity index (χ3v) is 4.16. The van der Waals surface area contributed by atoms with Crippen molar-refractivity contribution < 1.29 is 4.39 Å². The molecule has 1 aromatic heterocycles. The molecule has 7 heteroatoms. The maximum absolute atomic E-state index is 13.1. The Hall–Kier alpha value is -0.860. The molecule has 0 aliphatic carbocycles. The second kappa shape index (κ2) is 10.0. The fourth-order valence-corrected chi connectivity index (χ4v) is 2.93. The Morgan fingerprint density at radius 3 is 2.73 bits per heavy atom. The maximum Gasteiger partial charge on any atom is 0.191 e. The van der Waals surface area contributed by atoms with E-state index in [2.05, 4.69) is 15.6 Å². The molecule has 0 saturated carbocycles. The van der Waals surface area contributed by atoms with Gasteiger partial charge in [0, 0.05) is 25.0 Å². The molecular formula is C15H18ClFIN3S. The highest BCUT2D eigenvalue weighted by Crippen LogP contribution is 2.21. The van der Waals surface area contributed by atoms with Crippen LogP contribution in [-0.4, -0.2) is 19.6 Å². The summed E-state index contributed by atoms with van der Waals surface area (Å²) in [4.78, 5) is 5.37. The summed E-state index contributed by atoms with van der Waals surface area (Å²) < 4.78 is 13.9. The highest BCUT2D eigenvalue weighted by Gasteiger charge is 2.01. The molecule has 1 heterocycles. The van der Waals surface area contributed by atoms with Crippen LogP contribution in [0.25, 0.3) is 0 Å². The third-order valence-electron chi connectivity index (χ3n) is 2.87. The molecule has 0 atom stereocenters. The Balaban J connectivity index is 0.00000242. The first kappa shape index (κ1) is 19.2. The van der Waals surface area contributed by atoms with Crippen LogP contribution >= 0.6 is 46.9 Å². The van der Waals surface area contributed by atoms with Crippen LogP contribution in [0.3, 0.4) is 0 Å². The standard InChI is InChI=1S/C15H17ClFN3S.HI/c1-18-15(19-8-7-13-5-6-14(16)21-13)20-10-11-3-2-4-12(17)9-11;/h2-6,9H,7-8,10H2,1H3,(H2,18,19,20);1H. The minimum Gasteiger partial charge on any atom is -0.356 e. The summed E-state index contributed by atoms with van der Waals surface area (Å²) in [5.41, 5.74) is 0.878. The van der Waals surface area contributed by atoms with Gasteiger partial charge >= 0.3 is 0 Å². The van der Waals surface area contributed by atoms with E-state index in [9.17, 15) is 4.39 Å². The molecule has 2 aromatic rings. The normalized spacial score (nSPS) is 11.0. The number of benzene rings is 1. The molecule has 1 aromatic carbocycles. The van der Waals surface area contributed by atoms with E-state index in [0.29, 0.717) is 12.5 Å². The fourth-order valence-electron chi connectivity index (χ4n) is 1.84. The molecule has 120 valence electrons. The largest absolute Gasteiger partial charge is 0.356 e. The van der Waals surface area contributed by atoms with E-state index < -0.39 is 0 Å². The second-order valence-electron chi connectivity index (χ2n) is 4.44. The smallest absolute Gasteiger partial charge is 0.191 e. The zero-order chi connectivity index (χ0) is 15.1. The molecule has 3 nitrogen and oxygen atoms in total. The summed E-state index contributed by atoms with van der Waals surface area (Å²) in [5, 5.41) is 6.37. The summed E-state index contributed by atoms with van der Waals surface area (Å²) in [7, 11) is 1.71. The molecule has 0 aliphatic rings. The molecule has 0 aliphatic heterocycles. The lowest BCUT2D eigenvalue weighted by Gasteiger charge is -2.11. The minimum absolute atomic E-state index is 0. The Morgan fingerprint density at radius 1 is 1.27 bits per heavy atom. The van der Waals surface area contributed by atoms with Gasteiger partial charge in [-0.2, -0.15) is 0 Å². The molecule has 2 N–H and O–H groups in total. The van der Waals surface area contributed by atoms with E-state index in [1.54, 1.807) is 24.5 Å². The van der Waals surface area contributed by atoms with Gasteiger partial charge in [0.2, 0.25) is 0 Å². The van der Waals surface area contributed by atoms with Gasteiger partial charge in [0.1, 0.15) is 5.82 Å².